The van der Waals surface area contributed by atoms with Gasteiger partial charge in [-0.2, -0.15) is 0 Å². The largest absolute Gasteiger partial charge is 1.00 e. The molecule has 0 saturated carbocycles. The molecule has 3 aromatic rings. The molecule has 3 rings (SSSR count). The molecule has 160 valence electrons. The van der Waals surface area contributed by atoms with Gasteiger partial charge in [-0.1, -0.05) is 0 Å². The van der Waals surface area contributed by atoms with Gasteiger partial charge in [-0.25, -0.2) is 19.0 Å². The Morgan fingerprint density at radius 2 is 1.94 bits per heavy atom. The predicted octanol–water partition coefficient (Wildman–Crippen LogP) is -0.594. The molecule has 0 aliphatic heterocycles. The fourth-order valence-electron chi connectivity index (χ4n) is 2.77. The Labute approximate surface area is 203 Å². The van der Waals surface area contributed by atoms with Crippen molar-refractivity contribution in [3.05, 3.63) is 46.0 Å². The number of carbonyl (C=O) groups is 1. The Balaban J connectivity index is 0.00000341. The number of amides is 1. The number of H-pyrrole nitrogens is 2. The van der Waals surface area contributed by atoms with E-state index in [2.05, 4.69) is 19.9 Å². The third kappa shape index (κ3) is 6.97. The quantitative estimate of drug-likeness (QED) is 0.344. The summed E-state index contributed by atoms with van der Waals surface area (Å²) in [5.74, 6) is -0.0386. The van der Waals surface area contributed by atoms with E-state index in [1.54, 1.807) is 46.0 Å². The van der Waals surface area contributed by atoms with Crippen molar-refractivity contribution in [1.29, 1.82) is 0 Å². The molecule has 1 atom stereocenters. The van der Waals surface area contributed by atoms with E-state index in [0.29, 0.717) is 17.8 Å². The minimum absolute atomic E-state index is 0. The van der Waals surface area contributed by atoms with Crippen LogP contribution in [0.4, 0.5) is 4.79 Å². The van der Waals surface area contributed by atoms with Crippen LogP contribution in [-0.4, -0.2) is 52.3 Å². The number of hydrogen-bond acceptors (Lipinski definition) is 6. The number of aromatic amines is 2. The zero-order valence-corrected chi connectivity index (χ0v) is 20.9. The molecule has 0 aliphatic rings. The normalized spacial score (nSPS) is 12.3. The Kier molecular flexibility index (Phi) is 8.17. The van der Waals surface area contributed by atoms with E-state index in [4.69, 9.17) is 9.29 Å². The first kappa shape index (κ1) is 25.2. The number of rotatable bonds is 5. The minimum Gasteiger partial charge on any atom is -0.444 e. The van der Waals surface area contributed by atoms with Crippen LogP contribution in [0.5, 0.6) is 0 Å². The summed E-state index contributed by atoms with van der Waals surface area (Å²) >= 11 is -2.11. The molecule has 3 heterocycles. The maximum Gasteiger partial charge on any atom is 1.00 e. The Bertz CT molecular complexity index is 1170. The van der Waals surface area contributed by atoms with Gasteiger partial charge < -0.3 is 24.2 Å². The second-order valence-corrected chi connectivity index (χ2v) is 8.74. The van der Waals surface area contributed by atoms with Gasteiger partial charge in [0.25, 0.3) is 5.56 Å². The molecule has 10 nitrogen and oxygen atoms in total. The van der Waals surface area contributed by atoms with Crippen LogP contribution in [0.15, 0.2) is 29.1 Å². The van der Waals surface area contributed by atoms with Gasteiger partial charge in [0.15, 0.2) is 16.9 Å². The third-order valence-electron chi connectivity index (χ3n) is 3.95. The summed E-state index contributed by atoms with van der Waals surface area (Å²) in [6.45, 7) is 5.71. The molecule has 0 aliphatic carbocycles. The third-order valence-corrected chi connectivity index (χ3v) is 4.49. The van der Waals surface area contributed by atoms with Gasteiger partial charge in [-0.05, 0) is 39.0 Å². The summed E-state index contributed by atoms with van der Waals surface area (Å²) in [4.78, 5) is 40.0. The zero-order valence-electron chi connectivity index (χ0n) is 18.1. The van der Waals surface area contributed by atoms with Gasteiger partial charge in [0.2, 0.25) is 0 Å². The van der Waals surface area contributed by atoms with Crippen molar-refractivity contribution in [3.8, 4) is 11.5 Å². The van der Waals surface area contributed by atoms with E-state index >= 15 is 0 Å². The van der Waals surface area contributed by atoms with Crippen LogP contribution >= 0.6 is 0 Å². The summed E-state index contributed by atoms with van der Waals surface area (Å²) in [6, 6.07) is 6.44. The number of nitrogens with one attached hydrogen (secondary N) is 2. The van der Waals surface area contributed by atoms with Crippen molar-refractivity contribution in [1.82, 2.24) is 24.8 Å². The van der Waals surface area contributed by atoms with E-state index < -0.39 is 28.3 Å². The average Bonchev–Trinajstić information content (AvgIpc) is 3.00. The van der Waals surface area contributed by atoms with Crippen molar-refractivity contribution in [2.24, 2.45) is 0 Å². The van der Waals surface area contributed by atoms with E-state index in [9.17, 15) is 13.8 Å². The van der Waals surface area contributed by atoms with Crippen LogP contribution < -0.4 is 35.1 Å². The monoisotopic (exact) mass is 456 g/mol. The maximum absolute atomic E-state index is 12.2. The first-order valence-corrected chi connectivity index (χ1v) is 10.4. The van der Waals surface area contributed by atoms with Gasteiger partial charge in [0, 0.05) is 18.8 Å². The molecule has 12 heteroatoms. The fourth-order valence-corrected chi connectivity index (χ4v) is 3.17. The smallest absolute Gasteiger partial charge is 0.444 e. The number of pyridine rings is 1. The molecule has 0 bridgehead atoms. The van der Waals surface area contributed by atoms with Crippen LogP contribution in [0.3, 0.4) is 0 Å². The second-order valence-electron chi connectivity index (χ2n) is 7.81. The van der Waals surface area contributed by atoms with E-state index in [0.717, 1.165) is 11.2 Å². The molecule has 1 amide bonds. The van der Waals surface area contributed by atoms with Crippen LogP contribution in [0.1, 0.15) is 32.2 Å². The summed E-state index contributed by atoms with van der Waals surface area (Å²) in [5.41, 5.74) is 1.73. The number of hydrogen-bond donors (Lipinski definition) is 3. The predicted molar refractivity (Wildman–Crippen MR) is 112 cm³/mol. The fraction of sp³-hybridized carbons (Fsp3) is 0.368. The Morgan fingerprint density at radius 3 is 2.58 bits per heavy atom. The van der Waals surface area contributed by atoms with Gasteiger partial charge >= 0.3 is 35.7 Å². The van der Waals surface area contributed by atoms with Crippen molar-refractivity contribution in [3.63, 3.8) is 0 Å². The number of aromatic nitrogens is 4. The summed E-state index contributed by atoms with van der Waals surface area (Å²) in [7, 11) is 1.64. The van der Waals surface area contributed by atoms with E-state index in [1.165, 1.54) is 11.0 Å². The van der Waals surface area contributed by atoms with Crippen molar-refractivity contribution in [2.75, 3.05) is 7.05 Å². The Morgan fingerprint density at radius 1 is 1.23 bits per heavy atom. The molecule has 0 aromatic carbocycles. The first-order valence-electron chi connectivity index (χ1n) is 9.11. The number of ether oxygens (including phenoxy) is 1. The van der Waals surface area contributed by atoms with Gasteiger partial charge in [0.1, 0.15) is 11.3 Å². The van der Waals surface area contributed by atoms with Crippen LogP contribution in [-0.2, 0) is 28.1 Å². The molecular weight excluding hydrogens is 433 g/mol. The summed E-state index contributed by atoms with van der Waals surface area (Å²) in [5, 5.41) is 0. The minimum atomic E-state index is -2.11. The van der Waals surface area contributed by atoms with E-state index in [-0.39, 0.29) is 46.8 Å². The molecule has 3 aromatic heterocycles. The molecular formula is C19H23N5NaO5S+. The van der Waals surface area contributed by atoms with Crippen molar-refractivity contribution in [2.45, 2.75) is 38.7 Å². The van der Waals surface area contributed by atoms with Crippen LogP contribution in [0.25, 0.3) is 22.6 Å². The number of carbonyl (C=O) groups excluding carboxylic acids is 1. The molecule has 0 saturated heterocycles. The zero-order chi connectivity index (χ0) is 22.1. The summed E-state index contributed by atoms with van der Waals surface area (Å²) in [6.07, 6.45) is -0.435. The van der Waals surface area contributed by atoms with Gasteiger partial charge in [-0.15, -0.1) is 0 Å². The second kappa shape index (κ2) is 10.0. The first-order chi connectivity index (χ1) is 14.0. The van der Waals surface area contributed by atoms with Gasteiger partial charge in [-0.3, -0.25) is 4.79 Å². The maximum atomic E-state index is 12.2. The van der Waals surface area contributed by atoms with Crippen LogP contribution in [0, 0.1) is 0 Å². The molecule has 1 unspecified atom stereocenters. The topological polar surface area (TPSA) is 141 Å². The molecule has 0 fully saturated rings. The van der Waals surface area contributed by atoms with Gasteiger partial charge in [0.05, 0.1) is 29.0 Å². The SMILES string of the molecule is CN(Cc1cc2nc(-c3nc(CS(=O)O)cc(=O)[nH]3)ccc2[nH]1)C(=O)OC(C)(C)C.[Na+]. The summed E-state index contributed by atoms with van der Waals surface area (Å²) < 4.78 is 25.4. The standard InChI is InChI=1S/C19H23N5O5S.Na/c1-19(2,3)29-18(26)24(4)9-11-7-15-13(20-11)5-6-14(22-15)17-21-12(10-30(27)28)8-16(25)23-17;/h5-8,20H,9-10H2,1-4H3,(H,27,28)(H,21,23,25);/q;+1. The van der Waals surface area contributed by atoms with E-state index in [1.807, 2.05) is 0 Å². The Hall–Kier alpha value is -2.05. The van der Waals surface area contributed by atoms with Crippen molar-refractivity contribution < 1.29 is 47.9 Å². The van der Waals surface area contributed by atoms with Crippen LogP contribution in [0.2, 0.25) is 0 Å². The molecule has 31 heavy (non-hydrogen) atoms. The molecule has 0 spiro atoms. The molecule has 0 radical (unpaired) electrons. The molecule has 3 N–H and O–H groups in total. The number of nitrogens with zero attached hydrogens (tertiary/aromatic N) is 3. The number of fused-ring (bicyclic) bond motifs is 1. The average molecular weight is 456 g/mol. The van der Waals surface area contributed by atoms with Crippen molar-refractivity contribution >= 4 is 28.2 Å².